The maximum Gasteiger partial charge on any atom is 0.412 e. The number of carbonyl (C=O) groups excluding carboxylic acids is 2. The van der Waals surface area contributed by atoms with Crippen LogP contribution >= 0.6 is 15.9 Å². The van der Waals surface area contributed by atoms with E-state index in [0.717, 1.165) is 0 Å². The Morgan fingerprint density at radius 1 is 1.08 bits per heavy atom. The number of nitrogens with two attached hydrogens (primary N) is 1. The molecule has 0 unspecified atom stereocenters. The zero-order valence-corrected chi connectivity index (χ0v) is 20.8. The molecular weight excluding hydrogens is 530 g/mol. The molecule has 0 saturated carbocycles. The molecule has 0 saturated heterocycles. The smallest absolute Gasteiger partial charge is 0.412 e. The normalized spacial score (nSPS) is 13.7. The third-order valence-corrected chi connectivity index (χ3v) is 5.89. The van der Waals surface area contributed by atoms with Gasteiger partial charge in [-0.25, -0.2) is 4.79 Å². The van der Waals surface area contributed by atoms with Gasteiger partial charge in [0.2, 0.25) is 12.7 Å². The fourth-order valence-corrected chi connectivity index (χ4v) is 3.95. The number of rotatable bonds is 7. The van der Waals surface area contributed by atoms with Crippen molar-refractivity contribution in [1.29, 1.82) is 0 Å². The number of hydrogen-bond donors (Lipinski definition) is 4. The van der Waals surface area contributed by atoms with E-state index in [9.17, 15) is 14.7 Å². The van der Waals surface area contributed by atoms with Crippen molar-refractivity contribution in [2.75, 3.05) is 23.2 Å². The summed E-state index contributed by atoms with van der Waals surface area (Å²) < 4.78 is 17.0. The van der Waals surface area contributed by atoms with Crippen LogP contribution < -0.4 is 25.8 Å². The number of phenols is 1. The summed E-state index contributed by atoms with van der Waals surface area (Å²) in [6.07, 6.45) is 1.26. The number of carbonyl (C=O) groups is 2. The maximum absolute atomic E-state index is 12.8. The van der Waals surface area contributed by atoms with Crippen molar-refractivity contribution in [3.05, 3.63) is 82.9 Å². The van der Waals surface area contributed by atoms with Crippen molar-refractivity contribution in [2.24, 2.45) is 5.92 Å². The molecule has 1 aliphatic rings. The quantitative estimate of drug-likeness (QED) is 0.221. The Bertz CT molecular complexity index is 1310. The number of fused-ring (bicyclic) bond motifs is 1. The van der Waals surface area contributed by atoms with Crippen LogP contribution in [-0.4, -0.2) is 23.9 Å². The molecule has 1 aliphatic heterocycles. The lowest BCUT2D eigenvalue weighted by Gasteiger charge is -2.24. The molecule has 0 spiro atoms. The summed E-state index contributed by atoms with van der Waals surface area (Å²) in [7, 11) is 0. The van der Waals surface area contributed by atoms with Crippen LogP contribution in [0.5, 0.6) is 17.2 Å². The van der Waals surface area contributed by atoms with Crippen LogP contribution in [-0.2, 0) is 9.53 Å². The molecule has 5 N–H and O–H groups in total. The van der Waals surface area contributed by atoms with Crippen molar-refractivity contribution in [3.8, 4) is 17.2 Å². The van der Waals surface area contributed by atoms with E-state index in [1.807, 2.05) is 0 Å². The van der Waals surface area contributed by atoms with Crippen LogP contribution in [0.2, 0.25) is 0 Å². The van der Waals surface area contributed by atoms with E-state index >= 15 is 0 Å². The molecule has 0 fully saturated rings. The van der Waals surface area contributed by atoms with Gasteiger partial charge in [0, 0.05) is 27.7 Å². The Hall–Kier alpha value is -4.18. The number of aromatic hydroxyl groups is 1. The van der Waals surface area contributed by atoms with E-state index in [0.29, 0.717) is 38.6 Å². The van der Waals surface area contributed by atoms with Gasteiger partial charge in [-0.05, 0) is 48.5 Å². The van der Waals surface area contributed by atoms with Crippen LogP contribution in [0.3, 0.4) is 0 Å². The van der Waals surface area contributed by atoms with Gasteiger partial charge in [-0.2, -0.15) is 0 Å². The van der Waals surface area contributed by atoms with Gasteiger partial charge in [-0.3, -0.25) is 10.1 Å². The fraction of sp³-hybridized carbons (Fsp3) is 0.154. The number of amides is 2. The molecule has 36 heavy (non-hydrogen) atoms. The SMILES string of the molecule is C[C@H](/C=C/C(=O)Nc1ccccc1N)[C@H](OC(=O)Nc1ccc2c(c1)OCO2)c1cc(Br)ccc1O. The molecule has 0 aliphatic carbocycles. The van der Waals surface area contributed by atoms with E-state index in [-0.39, 0.29) is 12.5 Å². The molecule has 3 aromatic carbocycles. The average molecular weight is 554 g/mol. The van der Waals surface area contributed by atoms with Crippen LogP contribution in [0.25, 0.3) is 0 Å². The number of nitrogen functional groups attached to an aromatic ring is 1. The van der Waals surface area contributed by atoms with Gasteiger partial charge in [0.05, 0.1) is 11.4 Å². The molecule has 3 aromatic rings. The molecule has 0 bridgehead atoms. The third-order valence-electron chi connectivity index (χ3n) is 5.40. The minimum Gasteiger partial charge on any atom is -0.508 e. The third kappa shape index (κ3) is 6.08. The topological polar surface area (TPSA) is 132 Å². The second kappa shape index (κ2) is 11.0. The van der Waals surface area contributed by atoms with Gasteiger partial charge in [0.25, 0.3) is 0 Å². The summed E-state index contributed by atoms with van der Waals surface area (Å²) >= 11 is 3.38. The second-order valence-corrected chi connectivity index (χ2v) is 8.93. The Balaban J connectivity index is 1.50. The highest BCUT2D eigenvalue weighted by Crippen LogP contribution is 2.37. The summed E-state index contributed by atoms with van der Waals surface area (Å²) in [6, 6.07) is 16.7. The van der Waals surface area contributed by atoms with Crippen LogP contribution in [0, 0.1) is 5.92 Å². The van der Waals surface area contributed by atoms with Crippen molar-refractivity contribution >= 4 is 45.0 Å². The minimum absolute atomic E-state index is 0.0548. The van der Waals surface area contributed by atoms with Crippen molar-refractivity contribution in [1.82, 2.24) is 0 Å². The largest absolute Gasteiger partial charge is 0.508 e. The Labute approximate surface area is 216 Å². The molecule has 9 nitrogen and oxygen atoms in total. The molecule has 186 valence electrons. The van der Waals surface area contributed by atoms with Gasteiger partial charge in [-0.1, -0.05) is 41.1 Å². The van der Waals surface area contributed by atoms with Gasteiger partial charge < -0.3 is 30.4 Å². The standard InChI is InChI=1S/C26H24BrN3O6/c1-15(6-11-24(32)30-20-5-3-2-4-19(20)28)25(18-12-16(27)7-9-21(18)31)36-26(33)29-17-8-10-22-23(13-17)35-14-34-22/h2-13,15,25,31H,14,28H2,1H3,(H,29,33)(H,30,32)/b11-6+/t15-,25+/m1/s1. The van der Waals surface area contributed by atoms with E-state index in [4.69, 9.17) is 19.9 Å². The second-order valence-electron chi connectivity index (χ2n) is 8.02. The van der Waals surface area contributed by atoms with Crippen LogP contribution in [0.4, 0.5) is 21.9 Å². The molecule has 0 aromatic heterocycles. The lowest BCUT2D eigenvalue weighted by atomic mass is 9.96. The number of benzene rings is 3. The number of para-hydroxylation sites is 2. The summed E-state index contributed by atoms with van der Waals surface area (Å²) in [6.45, 7) is 1.88. The monoisotopic (exact) mass is 553 g/mol. The van der Waals surface area contributed by atoms with Crippen molar-refractivity contribution < 1.29 is 28.9 Å². The fourth-order valence-electron chi connectivity index (χ4n) is 3.57. The first-order valence-electron chi connectivity index (χ1n) is 11.0. The van der Waals surface area contributed by atoms with Crippen LogP contribution in [0.15, 0.2) is 77.3 Å². The lowest BCUT2D eigenvalue weighted by molar-refractivity contribution is -0.111. The highest BCUT2D eigenvalue weighted by molar-refractivity contribution is 9.10. The Kier molecular flexibility index (Phi) is 7.65. The first-order chi connectivity index (χ1) is 17.3. The molecule has 10 heteroatoms. The van der Waals surface area contributed by atoms with Crippen LogP contribution in [0.1, 0.15) is 18.6 Å². The lowest BCUT2D eigenvalue weighted by Crippen LogP contribution is -2.21. The first kappa shape index (κ1) is 24.9. The van der Waals surface area contributed by atoms with Gasteiger partial charge >= 0.3 is 6.09 Å². The van der Waals surface area contributed by atoms with Crippen molar-refractivity contribution in [3.63, 3.8) is 0 Å². The number of hydrogen-bond acceptors (Lipinski definition) is 7. The average Bonchev–Trinajstić information content (AvgIpc) is 3.32. The van der Waals surface area contributed by atoms with Gasteiger partial charge in [0.1, 0.15) is 11.9 Å². The van der Waals surface area contributed by atoms with E-state index in [1.54, 1.807) is 67.6 Å². The number of nitrogens with one attached hydrogen (secondary N) is 2. The van der Waals surface area contributed by atoms with Gasteiger partial charge in [-0.15, -0.1) is 0 Å². The number of anilines is 3. The number of halogens is 1. The molecule has 2 amide bonds. The molecular formula is C26H24BrN3O6. The maximum atomic E-state index is 12.8. The van der Waals surface area contributed by atoms with E-state index in [1.165, 1.54) is 12.1 Å². The number of phenolic OH excluding ortho intramolecular Hbond substituents is 1. The first-order valence-corrected chi connectivity index (χ1v) is 11.8. The zero-order chi connectivity index (χ0) is 25.7. The van der Waals surface area contributed by atoms with E-state index in [2.05, 4.69) is 26.6 Å². The predicted octanol–water partition coefficient (Wildman–Crippen LogP) is 5.59. The molecule has 0 radical (unpaired) electrons. The molecule has 4 rings (SSSR count). The van der Waals surface area contributed by atoms with Crippen molar-refractivity contribution in [2.45, 2.75) is 13.0 Å². The zero-order valence-electron chi connectivity index (χ0n) is 19.2. The summed E-state index contributed by atoms with van der Waals surface area (Å²) in [4.78, 5) is 25.3. The molecule has 2 atom stereocenters. The summed E-state index contributed by atoms with van der Waals surface area (Å²) in [5.41, 5.74) is 7.62. The number of ether oxygens (including phenoxy) is 3. The highest BCUT2D eigenvalue weighted by Gasteiger charge is 2.26. The van der Waals surface area contributed by atoms with E-state index < -0.39 is 24.0 Å². The minimum atomic E-state index is -0.914. The Morgan fingerprint density at radius 3 is 2.67 bits per heavy atom. The summed E-state index contributed by atoms with van der Waals surface area (Å²) in [5, 5.41) is 15.9. The Morgan fingerprint density at radius 2 is 1.86 bits per heavy atom. The molecule has 1 heterocycles. The van der Waals surface area contributed by atoms with Gasteiger partial charge in [0.15, 0.2) is 11.5 Å². The predicted molar refractivity (Wildman–Crippen MR) is 139 cm³/mol. The summed E-state index contributed by atoms with van der Waals surface area (Å²) in [5.74, 6) is 0.143. The highest BCUT2D eigenvalue weighted by atomic mass is 79.9.